The van der Waals surface area contributed by atoms with Gasteiger partial charge in [-0.25, -0.2) is 0 Å². The lowest BCUT2D eigenvalue weighted by Crippen LogP contribution is -2.33. The number of carbonyl (C=O) groups excluding carboxylic acids is 1. The first-order valence-electron chi connectivity index (χ1n) is 6.08. The molecule has 0 fully saturated rings. The SMILES string of the molecule is Cc1cccc(CN(C)C(=O)COC(C)(C)C)n1. The Hall–Kier alpha value is -1.42. The van der Waals surface area contributed by atoms with E-state index in [0.717, 1.165) is 11.4 Å². The van der Waals surface area contributed by atoms with Gasteiger partial charge in [0.25, 0.3) is 0 Å². The molecule has 100 valence electrons. The minimum Gasteiger partial charge on any atom is -0.366 e. The Morgan fingerprint density at radius 1 is 1.39 bits per heavy atom. The van der Waals surface area contributed by atoms with Crippen molar-refractivity contribution in [3.63, 3.8) is 0 Å². The van der Waals surface area contributed by atoms with Crippen molar-refractivity contribution in [1.29, 1.82) is 0 Å². The second kappa shape index (κ2) is 5.96. The summed E-state index contributed by atoms with van der Waals surface area (Å²) in [6.45, 7) is 8.35. The summed E-state index contributed by atoms with van der Waals surface area (Å²) in [4.78, 5) is 17.9. The number of aryl methyl sites for hydroxylation is 1. The molecular formula is C14H22N2O2. The first kappa shape index (κ1) is 14.6. The monoisotopic (exact) mass is 250 g/mol. The summed E-state index contributed by atoms with van der Waals surface area (Å²) >= 11 is 0. The third-order valence-corrected chi connectivity index (χ3v) is 2.40. The fourth-order valence-electron chi connectivity index (χ4n) is 1.41. The van der Waals surface area contributed by atoms with Crippen LogP contribution in [0.3, 0.4) is 0 Å². The highest BCUT2D eigenvalue weighted by molar-refractivity contribution is 5.77. The molecule has 0 spiro atoms. The van der Waals surface area contributed by atoms with Crippen LogP contribution < -0.4 is 0 Å². The van der Waals surface area contributed by atoms with Crippen LogP contribution in [0.4, 0.5) is 0 Å². The second-order valence-corrected chi connectivity index (χ2v) is 5.42. The summed E-state index contributed by atoms with van der Waals surface area (Å²) in [5.74, 6) is -0.0340. The van der Waals surface area contributed by atoms with E-state index >= 15 is 0 Å². The lowest BCUT2D eigenvalue weighted by Gasteiger charge is -2.22. The van der Waals surface area contributed by atoms with Crippen LogP contribution in [0.2, 0.25) is 0 Å². The van der Waals surface area contributed by atoms with E-state index < -0.39 is 0 Å². The number of pyridine rings is 1. The summed E-state index contributed by atoms with van der Waals surface area (Å²) in [5, 5.41) is 0. The van der Waals surface area contributed by atoms with Gasteiger partial charge in [0.15, 0.2) is 0 Å². The Balaban J connectivity index is 2.50. The van der Waals surface area contributed by atoms with Crippen LogP contribution in [0.25, 0.3) is 0 Å². The van der Waals surface area contributed by atoms with Gasteiger partial charge in [-0.05, 0) is 39.8 Å². The summed E-state index contributed by atoms with van der Waals surface area (Å²) in [6.07, 6.45) is 0. The van der Waals surface area contributed by atoms with Crippen molar-refractivity contribution >= 4 is 5.91 Å². The number of rotatable bonds is 4. The number of nitrogens with zero attached hydrogens (tertiary/aromatic N) is 2. The maximum atomic E-state index is 11.9. The molecule has 18 heavy (non-hydrogen) atoms. The molecule has 0 aromatic carbocycles. The van der Waals surface area contributed by atoms with Gasteiger partial charge in [-0.15, -0.1) is 0 Å². The Kier molecular flexibility index (Phi) is 4.84. The topological polar surface area (TPSA) is 42.4 Å². The van der Waals surface area contributed by atoms with E-state index in [1.165, 1.54) is 0 Å². The fourth-order valence-corrected chi connectivity index (χ4v) is 1.41. The number of likely N-dealkylation sites (N-methyl/N-ethyl adjacent to an activating group) is 1. The first-order valence-corrected chi connectivity index (χ1v) is 6.08. The smallest absolute Gasteiger partial charge is 0.248 e. The van der Waals surface area contributed by atoms with Gasteiger partial charge in [-0.1, -0.05) is 6.07 Å². The predicted octanol–water partition coefficient (Wildman–Crippen LogP) is 2.16. The lowest BCUT2D eigenvalue weighted by molar-refractivity contribution is -0.140. The Bertz CT molecular complexity index is 411. The zero-order chi connectivity index (χ0) is 13.8. The molecule has 1 rings (SSSR count). The van der Waals surface area contributed by atoms with Gasteiger partial charge in [0, 0.05) is 12.7 Å². The number of amides is 1. The molecule has 1 amide bonds. The van der Waals surface area contributed by atoms with Crippen molar-refractivity contribution in [1.82, 2.24) is 9.88 Å². The van der Waals surface area contributed by atoms with Crippen molar-refractivity contribution in [3.8, 4) is 0 Å². The second-order valence-electron chi connectivity index (χ2n) is 5.42. The molecule has 0 aliphatic rings. The van der Waals surface area contributed by atoms with Crippen molar-refractivity contribution in [2.45, 2.75) is 39.8 Å². The number of carbonyl (C=O) groups is 1. The third kappa shape index (κ3) is 5.27. The average Bonchev–Trinajstić information content (AvgIpc) is 2.24. The van der Waals surface area contributed by atoms with Gasteiger partial charge in [0.05, 0.1) is 17.8 Å². The largest absolute Gasteiger partial charge is 0.366 e. The third-order valence-electron chi connectivity index (χ3n) is 2.40. The fraction of sp³-hybridized carbons (Fsp3) is 0.571. The molecule has 1 aromatic heterocycles. The molecule has 0 N–H and O–H groups in total. The number of hydrogen-bond acceptors (Lipinski definition) is 3. The summed E-state index contributed by atoms with van der Waals surface area (Å²) in [7, 11) is 1.76. The van der Waals surface area contributed by atoms with E-state index in [-0.39, 0.29) is 18.1 Å². The molecule has 4 nitrogen and oxygen atoms in total. The number of ether oxygens (including phenoxy) is 1. The van der Waals surface area contributed by atoms with Crippen molar-refractivity contribution in [3.05, 3.63) is 29.6 Å². The lowest BCUT2D eigenvalue weighted by atomic mass is 10.2. The molecular weight excluding hydrogens is 228 g/mol. The van der Waals surface area contributed by atoms with Gasteiger partial charge in [0.1, 0.15) is 6.61 Å². The van der Waals surface area contributed by atoms with Crippen LogP contribution in [-0.2, 0) is 16.1 Å². The van der Waals surface area contributed by atoms with E-state index in [1.54, 1.807) is 11.9 Å². The van der Waals surface area contributed by atoms with Gasteiger partial charge in [0.2, 0.25) is 5.91 Å². The predicted molar refractivity (Wildman–Crippen MR) is 71.2 cm³/mol. The quantitative estimate of drug-likeness (QED) is 0.822. The minimum absolute atomic E-state index is 0.0340. The van der Waals surface area contributed by atoms with Gasteiger partial charge in [-0.3, -0.25) is 9.78 Å². The molecule has 0 aliphatic carbocycles. The van der Waals surface area contributed by atoms with Crippen LogP contribution in [0.5, 0.6) is 0 Å². The maximum Gasteiger partial charge on any atom is 0.248 e. The number of hydrogen-bond donors (Lipinski definition) is 0. The summed E-state index contributed by atoms with van der Waals surface area (Å²) in [5.41, 5.74) is 1.55. The van der Waals surface area contributed by atoms with Crippen LogP contribution in [0.15, 0.2) is 18.2 Å². The molecule has 0 bridgehead atoms. The van der Waals surface area contributed by atoms with E-state index in [0.29, 0.717) is 6.54 Å². The molecule has 0 radical (unpaired) electrons. The molecule has 0 unspecified atom stereocenters. The molecule has 0 aliphatic heterocycles. The van der Waals surface area contributed by atoms with E-state index in [4.69, 9.17) is 4.74 Å². The highest BCUT2D eigenvalue weighted by atomic mass is 16.5. The Morgan fingerprint density at radius 2 is 2.06 bits per heavy atom. The van der Waals surface area contributed by atoms with Crippen molar-refractivity contribution < 1.29 is 9.53 Å². The highest BCUT2D eigenvalue weighted by Gasteiger charge is 2.15. The maximum absolute atomic E-state index is 11.9. The molecule has 0 atom stereocenters. The minimum atomic E-state index is -0.294. The van der Waals surface area contributed by atoms with Crippen molar-refractivity contribution in [2.75, 3.05) is 13.7 Å². The summed E-state index contributed by atoms with van der Waals surface area (Å²) < 4.78 is 5.46. The van der Waals surface area contributed by atoms with Gasteiger partial charge < -0.3 is 9.64 Å². The van der Waals surface area contributed by atoms with Crippen LogP contribution in [-0.4, -0.2) is 35.0 Å². The highest BCUT2D eigenvalue weighted by Crippen LogP contribution is 2.07. The molecule has 4 heteroatoms. The standard InChI is InChI=1S/C14H22N2O2/c1-11-7-6-8-12(15-11)9-16(5)13(17)10-18-14(2,3)4/h6-8H,9-10H2,1-5H3. The van der Waals surface area contributed by atoms with Gasteiger partial charge >= 0.3 is 0 Å². The van der Waals surface area contributed by atoms with E-state index in [2.05, 4.69) is 4.98 Å². The van der Waals surface area contributed by atoms with E-state index in [9.17, 15) is 4.79 Å². The molecule has 1 aromatic rings. The first-order chi connectivity index (χ1) is 8.28. The summed E-state index contributed by atoms with van der Waals surface area (Å²) in [6, 6.07) is 5.80. The van der Waals surface area contributed by atoms with Crippen LogP contribution in [0.1, 0.15) is 32.2 Å². The molecule has 0 saturated heterocycles. The van der Waals surface area contributed by atoms with Gasteiger partial charge in [-0.2, -0.15) is 0 Å². The zero-order valence-electron chi connectivity index (χ0n) is 11.9. The van der Waals surface area contributed by atoms with Crippen LogP contribution in [0, 0.1) is 6.92 Å². The van der Waals surface area contributed by atoms with Crippen LogP contribution >= 0.6 is 0 Å². The molecule has 0 saturated carbocycles. The Morgan fingerprint density at radius 3 is 2.61 bits per heavy atom. The average molecular weight is 250 g/mol. The normalized spacial score (nSPS) is 11.4. The Labute approximate surface area is 109 Å². The van der Waals surface area contributed by atoms with E-state index in [1.807, 2.05) is 45.9 Å². The van der Waals surface area contributed by atoms with Crippen molar-refractivity contribution in [2.24, 2.45) is 0 Å². The number of aromatic nitrogens is 1. The zero-order valence-corrected chi connectivity index (χ0v) is 11.9. The molecule has 1 heterocycles.